The van der Waals surface area contributed by atoms with E-state index in [2.05, 4.69) is 5.10 Å². The summed E-state index contributed by atoms with van der Waals surface area (Å²) >= 11 is 0. The van der Waals surface area contributed by atoms with Gasteiger partial charge in [-0.2, -0.15) is 9.40 Å². The van der Waals surface area contributed by atoms with Crippen molar-refractivity contribution in [2.75, 3.05) is 13.2 Å². The highest BCUT2D eigenvalue weighted by atomic mass is 32.2. The molecule has 0 saturated heterocycles. The summed E-state index contributed by atoms with van der Waals surface area (Å²) in [5.74, 6) is 0. The maximum absolute atomic E-state index is 13.2. The average Bonchev–Trinajstić information content (AvgIpc) is 3.04. The van der Waals surface area contributed by atoms with Crippen LogP contribution in [0.2, 0.25) is 0 Å². The van der Waals surface area contributed by atoms with Gasteiger partial charge in [0, 0.05) is 19.3 Å². The molecule has 3 aromatic rings. The zero-order valence-corrected chi connectivity index (χ0v) is 16.0. The predicted octanol–water partition coefficient (Wildman–Crippen LogP) is 2.42. The first-order valence-electron chi connectivity index (χ1n) is 8.73. The lowest BCUT2D eigenvalue weighted by Gasteiger charge is -2.21. The van der Waals surface area contributed by atoms with Gasteiger partial charge in [-0.05, 0) is 18.1 Å². The second kappa shape index (κ2) is 8.47. The first-order valence-corrected chi connectivity index (χ1v) is 10.2. The van der Waals surface area contributed by atoms with Gasteiger partial charge in [-0.3, -0.25) is 4.68 Å². The normalized spacial score (nSPS) is 11.8. The second-order valence-electron chi connectivity index (χ2n) is 6.31. The highest BCUT2D eigenvalue weighted by molar-refractivity contribution is 7.89. The summed E-state index contributed by atoms with van der Waals surface area (Å²) in [5.41, 5.74) is 2.35. The number of aliphatic hydroxyl groups is 1. The van der Waals surface area contributed by atoms with Crippen LogP contribution in [0.1, 0.15) is 16.8 Å². The Morgan fingerprint density at radius 1 is 1.00 bits per heavy atom. The molecule has 0 saturated carbocycles. The van der Waals surface area contributed by atoms with Crippen LogP contribution in [-0.4, -0.2) is 40.8 Å². The summed E-state index contributed by atoms with van der Waals surface area (Å²) < 4.78 is 29.3. The Bertz CT molecular complexity index is 970. The van der Waals surface area contributed by atoms with Gasteiger partial charge in [-0.1, -0.05) is 60.7 Å². The van der Waals surface area contributed by atoms with Gasteiger partial charge < -0.3 is 5.11 Å². The number of sulfonamides is 1. The van der Waals surface area contributed by atoms with Crippen LogP contribution < -0.4 is 0 Å². The van der Waals surface area contributed by atoms with E-state index in [1.807, 2.05) is 60.7 Å². The maximum Gasteiger partial charge on any atom is 0.246 e. The Morgan fingerprint density at radius 3 is 2.19 bits per heavy atom. The van der Waals surface area contributed by atoms with Crippen molar-refractivity contribution in [3.05, 3.63) is 83.7 Å². The molecule has 3 rings (SSSR count). The molecule has 0 radical (unpaired) electrons. The summed E-state index contributed by atoms with van der Waals surface area (Å²) in [4.78, 5) is 0.169. The van der Waals surface area contributed by atoms with Gasteiger partial charge >= 0.3 is 0 Å². The van der Waals surface area contributed by atoms with E-state index in [-0.39, 0.29) is 24.6 Å². The number of aryl methyl sites for hydroxylation is 1. The lowest BCUT2D eigenvalue weighted by molar-refractivity contribution is 0.251. The minimum Gasteiger partial charge on any atom is -0.395 e. The third-order valence-corrected chi connectivity index (χ3v) is 6.21. The summed E-state index contributed by atoms with van der Waals surface area (Å²) in [7, 11) is -3.77. The van der Waals surface area contributed by atoms with E-state index in [0.717, 1.165) is 11.1 Å². The molecule has 6 nitrogen and oxygen atoms in total. The Morgan fingerprint density at radius 2 is 1.59 bits per heavy atom. The van der Waals surface area contributed by atoms with E-state index < -0.39 is 10.0 Å². The van der Waals surface area contributed by atoms with E-state index in [1.54, 1.807) is 17.8 Å². The van der Waals surface area contributed by atoms with Gasteiger partial charge in [0.05, 0.1) is 18.8 Å². The van der Waals surface area contributed by atoms with Crippen molar-refractivity contribution >= 4 is 10.0 Å². The second-order valence-corrected chi connectivity index (χ2v) is 8.22. The zero-order valence-electron chi connectivity index (χ0n) is 15.2. The molecule has 1 aromatic heterocycles. The molecule has 0 atom stereocenters. The van der Waals surface area contributed by atoms with E-state index in [9.17, 15) is 13.5 Å². The van der Waals surface area contributed by atoms with Gasteiger partial charge in [-0.15, -0.1) is 0 Å². The number of hydrogen-bond donors (Lipinski definition) is 1. The van der Waals surface area contributed by atoms with Crippen LogP contribution in [-0.2, 0) is 23.1 Å². The first kappa shape index (κ1) is 19.3. The maximum atomic E-state index is 13.2. The average molecular weight is 385 g/mol. The third kappa shape index (κ3) is 4.63. The molecule has 0 aliphatic carbocycles. The van der Waals surface area contributed by atoms with Crippen molar-refractivity contribution in [1.82, 2.24) is 14.1 Å². The van der Waals surface area contributed by atoms with Crippen molar-refractivity contribution in [1.29, 1.82) is 0 Å². The van der Waals surface area contributed by atoms with E-state index >= 15 is 0 Å². The van der Waals surface area contributed by atoms with Crippen LogP contribution in [0.5, 0.6) is 0 Å². The number of aromatic nitrogens is 2. The topological polar surface area (TPSA) is 75.4 Å². The number of benzene rings is 2. The van der Waals surface area contributed by atoms with Crippen LogP contribution >= 0.6 is 0 Å². The Balaban J connectivity index is 1.87. The number of aliphatic hydroxyl groups excluding tert-OH is 1. The fourth-order valence-electron chi connectivity index (χ4n) is 2.93. The molecule has 0 bridgehead atoms. The summed E-state index contributed by atoms with van der Waals surface area (Å²) in [6.07, 6.45) is 1.56. The molecular weight excluding hydrogens is 362 g/mol. The summed E-state index contributed by atoms with van der Waals surface area (Å²) in [5, 5.41) is 13.7. The zero-order chi connectivity index (χ0) is 19.3. The molecule has 0 aliphatic heterocycles. The molecule has 7 heteroatoms. The molecule has 0 fully saturated rings. The van der Waals surface area contributed by atoms with Gasteiger partial charge in [0.15, 0.2) is 0 Å². The number of rotatable bonds is 8. The largest absolute Gasteiger partial charge is 0.395 e. The quantitative estimate of drug-likeness (QED) is 0.646. The summed E-state index contributed by atoms with van der Waals surface area (Å²) in [6, 6.07) is 19.1. The third-order valence-electron chi connectivity index (χ3n) is 4.26. The monoisotopic (exact) mass is 385 g/mol. The van der Waals surface area contributed by atoms with E-state index in [0.29, 0.717) is 12.2 Å². The molecule has 142 valence electrons. The van der Waals surface area contributed by atoms with Crippen LogP contribution in [0.15, 0.2) is 71.8 Å². The van der Waals surface area contributed by atoms with Crippen LogP contribution in [0, 0.1) is 6.92 Å². The molecule has 2 aromatic carbocycles. The molecular formula is C20H23N3O3S. The smallest absolute Gasteiger partial charge is 0.246 e. The molecule has 1 N–H and O–H groups in total. The van der Waals surface area contributed by atoms with Crippen LogP contribution in [0.25, 0.3) is 0 Å². The molecule has 0 amide bonds. The summed E-state index contributed by atoms with van der Waals surface area (Å²) in [6.45, 7) is 2.17. The standard InChI is InChI=1S/C20H23N3O3S/c1-17-20(16-22(21-17)14-18-8-4-2-5-9-18)27(25,26)23(12-13-24)15-19-10-6-3-7-11-19/h2-11,16,24H,12-15H2,1H3. The van der Waals surface area contributed by atoms with Crippen LogP contribution in [0.3, 0.4) is 0 Å². The van der Waals surface area contributed by atoms with Crippen molar-refractivity contribution in [3.63, 3.8) is 0 Å². The molecule has 0 aliphatic rings. The molecule has 1 heterocycles. The van der Waals surface area contributed by atoms with Crippen molar-refractivity contribution < 1.29 is 13.5 Å². The van der Waals surface area contributed by atoms with Gasteiger partial charge in [0.25, 0.3) is 0 Å². The molecule has 27 heavy (non-hydrogen) atoms. The Kier molecular flexibility index (Phi) is 6.05. The van der Waals surface area contributed by atoms with Crippen molar-refractivity contribution in [2.24, 2.45) is 0 Å². The Hall–Kier alpha value is -2.48. The van der Waals surface area contributed by atoms with Gasteiger partial charge in [-0.25, -0.2) is 8.42 Å². The highest BCUT2D eigenvalue weighted by Gasteiger charge is 2.28. The first-order chi connectivity index (χ1) is 13.0. The minimum atomic E-state index is -3.77. The fraction of sp³-hybridized carbons (Fsp3) is 0.250. The Labute approximate surface area is 159 Å². The highest BCUT2D eigenvalue weighted by Crippen LogP contribution is 2.21. The number of nitrogens with zero attached hydrogens (tertiary/aromatic N) is 3. The minimum absolute atomic E-state index is 0.0283. The SMILES string of the molecule is Cc1nn(Cc2ccccc2)cc1S(=O)(=O)N(CCO)Cc1ccccc1. The van der Waals surface area contributed by atoms with E-state index in [4.69, 9.17) is 0 Å². The lowest BCUT2D eigenvalue weighted by Crippen LogP contribution is -2.33. The van der Waals surface area contributed by atoms with Gasteiger partial charge in [0.2, 0.25) is 10.0 Å². The van der Waals surface area contributed by atoms with Crippen LogP contribution in [0.4, 0.5) is 0 Å². The van der Waals surface area contributed by atoms with Crippen molar-refractivity contribution in [2.45, 2.75) is 24.9 Å². The molecule has 0 spiro atoms. The lowest BCUT2D eigenvalue weighted by atomic mass is 10.2. The fourth-order valence-corrected chi connectivity index (χ4v) is 4.51. The predicted molar refractivity (Wildman–Crippen MR) is 104 cm³/mol. The van der Waals surface area contributed by atoms with Gasteiger partial charge in [0.1, 0.15) is 4.90 Å². The van der Waals surface area contributed by atoms with Crippen molar-refractivity contribution in [3.8, 4) is 0 Å². The molecule has 0 unspecified atom stereocenters. The number of hydrogen-bond acceptors (Lipinski definition) is 4. The van der Waals surface area contributed by atoms with E-state index in [1.165, 1.54) is 4.31 Å².